The van der Waals surface area contributed by atoms with Crippen molar-refractivity contribution in [1.82, 2.24) is 29.6 Å². The lowest BCUT2D eigenvalue weighted by Gasteiger charge is -2.31. The smallest absolute Gasteiger partial charge is 0.224 e. The number of nitrogens with zero attached hydrogens (tertiary/aromatic N) is 5. The lowest BCUT2D eigenvalue weighted by Crippen LogP contribution is -2.42. The highest BCUT2D eigenvalue weighted by Crippen LogP contribution is 2.20. The first kappa shape index (κ1) is 15.7. The molecule has 1 N–H and O–H groups in total. The summed E-state index contributed by atoms with van der Waals surface area (Å²) in [7, 11) is 0. The van der Waals surface area contributed by atoms with E-state index in [2.05, 4.69) is 27.1 Å². The van der Waals surface area contributed by atoms with Crippen molar-refractivity contribution in [3.8, 4) is 0 Å². The van der Waals surface area contributed by atoms with Crippen LogP contribution in [0, 0.1) is 0 Å². The van der Waals surface area contributed by atoms with E-state index in [0.717, 1.165) is 18.7 Å². The van der Waals surface area contributed by atoms with E-state index in [9.17, 15) is 4.79 Å². The summed E-state index contributed by atoms with van der Waals surface area (Å²) in [5.74, 6) is 1.63. The highest BCUT2D eigenvalue weighted by Gasteiger charge is 2.27. The lowest BCUT2D eigenvalue weighted by molar-refractivity contribution is -0.139. The van der Waals surface area contributed by atoms with Crippen LogP contribution < -0.4 is 0 Å². The molecule has 0 saturated carbocycles. The molecule has 3 rings (SSSR count). The van der Waals surface area contributed by atoms with E-state index < -0.39 is 0 Å². The highest BCUT2D eigenvalue weighted by molar-refractivity contribution is 5.76. The van der Waals surface area contributed by atoms with Gasteiger partial charge < -0.3 is 14.2 Å². The van der Waals surface area contributed by atoms with Gasteiger partial charge in [0.25, 0.3) is 0 Å². The summed E-state index contributed by atoms with van der Waals surface area (Å²) in [5.41, 5.74) is 0. The third kappa shape index (κ3) is 3.95. The summed E-state index contributed by atoms with van der Waals surface area (Å²) < 4.78 is 7.64. The van der Waals surface area contributed by atoms with Crippen LogP contribution in [0.15, 0.2) is 18.7 Å². The third-order valence-corrected chi connectivity index (χ3v) is 3.89. The SMILES string of the molecule is CCCc1nc([C@@H]2CN(C(=O)CCn3ccnc3)CCO2)n[nH]1. The van der Waals surface area contributed by atoms with Crippen molar-refractivity contribution in [3.63, 3.8) is 0 Å². The molecule has 8 heteroatoms. The summed E-state index contributed by atoms with van der Waals surface area (Å²) >= 11 is 0. The maximum absolute atomic E-state index is 12.4. The molecule has 0 unspecified atom stereocenters. The van der Waals surface area contributed by atoms with Crippen LogP contribution in [0.5, 0.6) is 0 Å². The Balaban J connectivity index is 1.55. The molecule has 3 heterocycles. The van der Waals surface area contributed by atoms with Gasteiger partial charge in [0.05, 0.1) is 19.5 Å². The Labute approximate surface area is 134 Å². The number of rotatable bonds is 6. The zero-order valence-corrected chi connectivity index (χ0v) is 13.3. The van der Waals surface area contributed by atoms with Gasteiger partial charge in [0.2, 0.25) is 5.91 Å². The average molecular weight is 318 g/mol. The molecular formula is C15H22N6O2. The lowest BCUT2D eigenvalue weighted by atomic mass is 10.2. The van der Waals surface area contributed by atoms with Gasteiger partial charge in [-0.2, -0.15) is 5.10 Å². The largest absolute Gasteiger partial charge is 0.366 e. The van der Waals surface area contributed by atoms with Gasteiger partial charge in [-0.05, 0) is 6.42 Å². The van der Waals surface area contributed by atoms with E-state index in [1.54, 1.807) is 12.5 Å². The number of carbonyl (C=O) groups excluding carboxylic acids is 1. The molecule has 0 aliphatic carbocycles. The van der Waals surface area contributed by atoms with Crippen molar-refractivity contribution in [3.05, 3.63) is 30.4 Å². The van der Waals surface area contributed by atoms with Crippen LogP contribution in [0.4, 0.5) is 0 Å². The van der Waals surface area contributed by atoms with Crippen LogP contribution in [-0.4, -0.2) is 55.2 Å². The van der Waals surface area contributed by atoms with Gasteiger partial charge in [-0.25, -0.2) is 9.97 Å². The average Bonchev–Trinajstić information content (AvgIpc) is 3.25. The normalized spacial score (nSPS) is 18.3. The Morgan fingerprint density at radius 1 is 1.52 bits per heavy atom. The number of morpholine rings is 1. The number of aromatic amines is 1. The minimum absolute atomic E-state index is 0.122. The summed E-state index contributed by atoms with van der Waals surface area (Å²) in [6.07, 6.45) is 7.38. The second kappa shape index (κ2) is 7.36. The number of amides is 1. The molecule has 124 valence electrons. The first-order chi connectivity index (χ1) is 11.3. The monoisotopic (exact) mass is 318 g/mol. The van der Waals surface area contributed by atoms with Crippen LogP contribution >= 0.6 is 0 Å². The fraction of sp³-hybridized carbons (Fsp3) is 0.600. The van der Waals surface area contributed by atoms with E-state index in [1.807, 2.05) is 15.7 Å². The van der Waals surface area contributed by atoms with Crippen LogP contribution in [0.3, 0.4) is 0 Å². The van der Waals surface area contributed by atoms with Crippen molar-refractivity contribution in [1.29, 1.82) is 0 Å². The van der Waals surface area contributed by atoms with E-state index >= 15 is 0 Å². The second-order valence-corrected chi connectivity index (χ2v) is 5.64. The molecule has 2 aromatic heterocycles. The Bertz CT molecular complexity index is 624. The molecule has 1 fully saturated rings. The van der Waals surface area contributed by atoms with Crippen LogP contribution in [0.25, 0.3) is 0 Å². The molecule has 1 atom stereocenters. The molecule has 2 aromatic rings. The minimum atomic E-state index is -0.247. The Kier molecular flexibility index (Phi) is 5.02. The number of hydrogen-bond donors (Lipinski definition) is 1. The van der Waals surface area contributed by atoms with Gasteiger partial charge in [-0.15, -0.1) is 0 Å². The zero-order chi connectivity index (χ0) is 16.1. The number of aryl methyl sites for hydroxylation is 2. The molecular weight excluding hydrogens is 296 g/mol. The molecule has 0 radical (unpaired) electrons. The fourth-order valence-electron chi connectivity index (χ4n) is 2.64. The number of H-pyrrole nitrogens is 1. The van der Waals surface area contributed by atoms with Crippen LogP contribution in [-0.2, 0) is 22.5 Å². The van der Waals surface area contributed by atoms with Crippen molar-refractivity contribution in [2.75, 3.05) is 19.7 Å². The van der Waals surface area contributed by atoms with Crippen molar-refractivity contribution < 1.29 is 9.53 Å². The standard InChI is InChI=1S/C15H22N6O2/c1-2-3-13-17-15(19-18-13)12-10-21(8-9-23-12)14(22)4-6-20-7-5-16-11-20/h5,7,11-12H,2-4,6,8-10H2,1H3,(H,17,18,19)/t12-/m0/s1. The first-order valence-corrected chi connectivity index (χ1v) is 8.02. The van der Waals surface area contributed by atoms with Crippen molar-refractivity contribution >= 4 is 5.91 Å². The molecule has 8 nitrogen and oxygen atoms in total. The molecule has 23 heavy (non-hydrogen) atoms. The number of imidazole rings is 1. The van der Waals surface area contributed by atoms with Crippen molar-refractivity contribution in [2.24, 2.45) is 0 Å². The van der Waals surface area contributed by atoms with E-state index in [4.69, 9.17) is 4.74 Å². The summed E-state index contributed by atoms with van der Waals surface area (Å²) in [6.45, 7) is 4.37. The quantitative estimate of drug-likeness (QED) is 0.856. The van der Waals surface area contributed by atoms with Crippen LogP contribution in [0.1, 0.15) is 37.5 Å². The Hall–Kier alpha value is -2.22. The topological polar surface area (TPSA) is 88.9 Å². The molecule has 1 amide bonds. The highest BCUT2D eigenvalue weighted by atomic mass is 16.5. The van der Waals surface area contributed by atoms with Gasteiger partial charge in [-0.3, -0.25) is 9.89 Å². The molecule has 0 spiro atoms. The number of nitrogens with one attached hydrogen (secondary N) is 1. The predicted molar refractivity (Wildman–Crippen MR) is 82.5 cm³/mol. The van der Waals surface area contributed by atoms with Gasteiger partial charge in [0.1, 0.15) is 11.9 Å². The van der Waals surface area contributed by atoms with E-state index in [0.29, 0.717) is 38.5 Å². The fourth-order valence-corrected chi connectivity index (χ4v) is 2.64. The van der Waals surface area contributed by atoms with Crippen molar-refractivity contribution in [2.45, 2.75) is 38.8 Å². The Morgan fingerprint density at radius 2 is 2.43 bits per heavy atom. The number of aromatic nitrogens is 5. The van der Waals surface area contributed by atoms with E-state index in [1.165, 1.54) is 0 Å². The van der Waals surface area contributed by atoms with Gasteiger partial charge in [-0.1, -0.05) is 6.92 Å². The molecule has 0 bridgehead atoms. The number of carbonyl (C=O) groups is 1. The molecule has 1 aliphatic rings. The zero-order valence-electron chi connectivity index (χ0n) is 13.3. The minimum Gasteiger partial charge on any atom is -0.366 e. The summed E-state index contributed by atoms with van der Waals surface area (Å²) in [5, 5.41) is 7.16. The maximum Gasteiger partial charge on any atom is 0.224 e. The number of ether oxygens (including phenoxy) is 1. The van der Waals surface area contributed by atoms with Gasteiger partial charge in [0, 0.05) is 38.3 Å². The third-order valence-electron chi connectivity index (χ3n) is 3.89. The summed E-state index contributed by atoms with van der Waals surface area (Å²) in [6, 6.07) is 0. The maximum atomic E-state index is 12.4. The van der Waals surface area contributed by atoms with Gasteiger partial charge in [0.15, 0.2) is 5.82 Å². The van der Waals surface area contributed by atoms with E-state index in [-0.39, 0.29) is 12.0 Å². The summed E-state index contributed by atoms with van der Waals surface area (Å²) in [4.78, 5) is 22.6. The number of hydrogen-bond acceptors (Lipinski definition) is 5. The molecule has 1 aliphatic heterocycles. The second-order valence-electron chi connectivity index (χ2n) is 5.64. The first-order valence-electron chi connectivity index (χ1n) is 8.02. The van der Waals surface area contributed by atoms with Crippen LogP contribution in [0.2, 0.25) is 0 Å². The molecule has 1 saturated heterocycles. The predicted octanol–water partition coefficient (Wildman–Crippen LogP) is 0.944. The van der Waals surface area contributed by atoms with Gasteiger partial charge >= 0.3 is 0 Å². The molecule has 0 aromatic carbocycles. The Morgan fingerprint density at radius 3 is 3.22 bits per heavy atom.